The number of carboxylic acids is 1. The van der Waals surface area contributed by atoms with E-state index in [1.807, 2.05) is 0 Å². The molecule has 0 radical (unpaired) electrons. The zero-order chi connectivity index (χ0) is 11.4. The molecule has 1 aromatic heterocycles. The van der Waals surface area contributed by atoms with Crippen LogP contribution in [0.4, 0.5) is 9.80 Å². The average molecular weight is 229 g/mol. The first-order valence-electron chi connectivity index (χ1n) is 4.32. The Balaban J connectivity index is 2.75. The van der Waals surface area contributed by atoms with E-state index in [1.165, 1.54) is 0 Å². The summed E-state index contributed by atoms with van der Waals surface area (Å²) < 4.78 is 4.66. The first-order chi connectivity index (χ1) is 7.04. The number of anilines is 1. The molecule has 0 saturated carbocycles. The van der Waals surface area contributed by atoms with Gasteiger partial charge in [0.25, 0.3) is 0 Å². The molecular weight excluding hydrogens is 218 g/mol. The van der Waals surface area contributed by atoms with Gasteiger partial charge in [-0.1, -0.05) is 0 Å². The van der Waals surface area contributed by atoms with Crippen molar-refractivity contribution in [2.75, 3.05) is 11.9 Å². The summed E-state index contributed by atoms with van der Waals surface area (Å²) in [5, 5.41) is 11.7. The van der Waals surface area contributed by atoms with Crippen LogP contribution in [0.3, 0.4) is 0 Å². The second-order valence-corrected chi connectivity index (χ2v) is 3.83. The van der Waals surface area contributed by atoms with Crippen molar-refractivity contribution in [2.24, 2.45) is 0 Å². The van der Waals surface area contributed by atoms with Crippen LogP contribution in [0.5, 0.6) is 0 Å². The van der Waals surface area contributed by atoms with Gasteiger partial charge in [-0.3, -0.25) is 5.32 Å². The predicted molar refractivity (Wildman–Crippen MR) is 56.7 cm³/mol. The van der Waals surface area contributed by atoms with Gasteiger partial charge in [0, 0.05) is 0 Å². The number of aromatic carboxylic acids is 1. The van der Waals surface area contributed by atoms with Crippen molar-refractivity contribution < 1.29 is 19.4 Å². The number of thiophene rings is 1. The SMILES string of the molecule is CCOC(=O)Nc1cc(C)c(C(=O)O)s1. The second kappa shape index (κ2) is 4.79. The van der Waals surface area contributed by atoms with E-state index >= 15 is 0 Å². The van der Waals surface area contributed by atoms with Crippen LogP contribution in [0.15, 0.2) is 6.07 Å². The van der Waals surface area contributed by atoms with Gasteiger partial charge >= 0.3 is 12.1 Å². The van der Waals surface area contributed by atoms with Gasteiger partial charge in [0.05, 0.1) is 11.6 Å². The van der Waals surface area contributed by atoms with Crippen LogP contribution in [0, 0.1) is 6.92 Å². The highest BCUT2D eigenvalue weighted by Crippen LogP contribution is 2.26. The minimum Gasteiger partial charge on any atom is -0.477 e. The van der Waals surface area contributed by atoms with Gasteiger partial charge in [-0.2, -0.15) is 0 Å². The summed E-state index contributed by atoms with van der Waals surface area (Å²) in [5.41, 5.74) is 0.624. The summed E-state index contributed by atoms with van der Waals surface area (Å²) in [6, 6.07) is 1.60. The molecule has 82 valence electrons. The molecule has 15 heavy (non-hydrogen) atoms. The Hall–Kier alpha value is -1.56. The quantitative estimate of drug-likeness (QED) is 0.834. The molecule has 1 heterocycles. The lowest BCUT2D eigenvalue weighted by Gasteiger charge is -2.00. The average Bonchev–Trinajstić information content (AvgIpc) is 2.47. The van der Waals surface area contributed by atoms with E-state index in [4.69, 9.17) is 5.11 Å². The maximum Gasteiger partial charge on any atom is 0.412 e. The summed E-state index contributed by atoms with van der Waals surface area (Å²) in [4.78, 5) is 22.0. The van der Waals surface area contributed by atoms with Crippen molar-refractivity contribution >= 4 is 28.4 Å². The monoisotopic (exact) mass is 229 g/mol. The van der Waals surface area contributed by atoms with E-state index in [2.05, 4.69) is 10.1 Å². The largest absolute Gasteiger partial charge is 0.477 e. The Morgan fingerprint density at radius 3 is 2.73 bits per heavy atom. The van der Waals surface area contributed by atoms with E-state index in [1.54, 1.807) is 19.9 Å². The highest BCUT2D eigenvalue weighted by molar-refractivity contribution is 7.18. The summed E-state index contributed by atoms with van der Waals surface area (Å²) in [6.07, 6.45) is -0.573. The van der Waals surface area contributed by atoms with Crippen molar-refractivity contribution in [3.63, 3.8) is 0 Å². The van der Waals surface area contributed by atoms with Gasteiger partial charge in [0.2, 0.25) is 0 Å². The highest BCUT2D eigenvalue weighted by atomic mass is 32.1. The van der Waals surface area contributed by atoms with Crippen molar-refractivity contribution in [1.82, 2.24) is 0 Å². The topological polar surface area (TPSA) is 75.6 Å². The first kappa shape index (κ1) is 11.5. The van der Waals surface area contributed by atoms with Crippen LogP contribution in [-0.2, 0) is 4.74 Å². The molecule has 5 nitrogen and oxygen atoms in total. The van der Waals surface area contributed by atoms with Crippen LogP contribution in [0.25, 0.3) is 0 Å². The fourth-order valence-electron chi connectivity index (χ4n) is 1.02. The number of carbonyl (C=O) groups is 2. The van der Waals surface area contributed by atoms with E-state index in [9.17, 15) is 9.59 Å². The van der Waals surface area contributed by atoms with Crippen LogP contribution < -0.4 is 5.32 Å². The molecule has 0 aliphatic carbocycles. The fraction of sp³-hybridized carbons (Fsp3) is 0.333. The maximum atomic E-state index is 11.0. The van der Waals surface area contributed by atoms with Crippen LogP contribution in [0.2, 0.25) is 0 Å². The molecule has 0 saturated heterocycles. The Morgan fingerprint density at radius 2 is 2.27 bits per heavy atom. The van der Waals surface area contributed by atoms with Gasteiger partial charge in [0.1, 0.15) is 4.88 Å². The fourth-order valence-corrected chi connectivity index (χ4v) is 1.92. The number of nitrogens with one attached hydrogen (secondary N) is 1. The third-order valence-electron chi connectivity index (χ3n) is 1.61. The smallest absolute Gasteiger partial charge is 0.412 e. The lowest BCUT2D eigenvalue weighted by molar-refractivity contribution is 0.0701. The van der Waals surface area contributed by atoms with Crippen LogP contribution in [-0.4, -0.2) is 23.8 Å². The van der Waals surface area contributed by atoms with Crippen LogP contribution >= 0.6 is 11.3 Å². The Morgan fingerprint density at radius 1 is 1.60 bits per heavy atom. The molecule has 0 bridgehead atoms. The molecule has 0 unspecified atom stereocenters. The summed E-state index contributed by atoms with van der Waals surface area (Å²) in [5.74, 6) is -0.991. The maximum absolute atomic E-state index is 11.0. The summed E-state index contributed by atoms with van der Waals surface area (Å²) in [7, 11) is 0. The Kier molecular flexibility index (Phi) is 3.68. The van der Waals surface area contributed by atoms with E-state index in [-0.39, 0.29) is 11.5 Å². The van der Waals surface area contributed by atoms with Crippen molar-refractivity contribution in [1.29, 1.82) is 0 Å². The number of amides is 1. The summed E-state index contributed by atoms with van der Waals surface area (Å²) in [6.45, 7) is 3.65. The number of hydrogen-bond donors (Lipinski definition) is 2. The molecule has 1 aromatic rings. The number of ether oxygens (including phenoxy) is 1. The highest BCUT2D eigenvalue weighted by Gasteiger charge is 2.13. The van der Waals surface area contributed by atoms with Crippen molar-refractivity contribution in [3.05, 3.63) is 16.5 Å². The third-order valence-corrected chi connectivity index (χ3v) is 2.75. The number of rotatable bonds is 3. The van der Waals surface area contributed by atoms with E-state index in [0.29, 0.717) is 10.6 Å². The molecule has 6 heteroatoms. The lowest BCUT2D eigenvalue weighted by atomic mass is 10.3. The minimum absolute atomic E-state index is 0.224. The molecule has 0 atom stereocenters. The first-order valence-corrected chi connectivity index (χ1v) is 5.13. The number of carboxylic acid groups (broad SMARTS) is 1. The summed E-state index contributed by atoms with van der Waals surface area (Å²) >= 11 is 1.01. The zero-order valence-corrected chi connectivity index (χ0v) is 9.18. The van der Waals surface area contributed by atoms with Gasteiger partial charge in [-0.05, 0) is 25.5 Å². The van der Waals surface area contributed by atoms with Crippen LogP contribution in [0.1, 0.15) is 22.2 Å². The zero-order valence-electron chi connectivity index (χ0n) is 8.36. The second-order valence-electron chi connectivity index (χ2n) is 2.77. The Bertz CT molecular complexity index is 385. The third kappa shape index (κ3) is 2.95. The molecule has 2 N–H and O–H groups in total. The molecule has 0 aromatic carbocycles. The minimum atomic E-state index is -0.991. The number of aryl methyl sites for hydroxylation is 1. The molecule has 1 amide bonds. The van der Waals surface area contributed by atoms with Crippen molar-refractivity contribution in [2.45, 2.75) is 13.8 Å². The van der Waals surface area contributed by atoms with Gasteiger partial charge in [-0.15, -0.1) is 11.3 Å². The van der Waals surface area contributed by atoms with Gasteiger partial charge < -0.3 is 9.84 Å². The van der Waals surface area contributed by atoms with E-state index < -0.39 is 12.1 Å². The normalized spacial score (nSPS) is 9.73. The van der Waals surface area contributed by atoms with Gasteiger partial charge in [-0.25, -0.2) is 9.59 Å². The Labute approximate surface area is 90.7 Å². The molecule has 0 aliphatic heterocycles. The molecule has 0 spiro atoms. The molecule has 0 aliphatic rings. The standard InChI is InChI=1S/C9H11NO4S/c1-3-14-9(13)10-6-4-5(2)7(15-6)8(11)12/h4H,3H2,1-2H3,(H,10,13)(H,11,12). The molecule has 1 rings (SSSR count). The van der Waals surface area contributed by atoms with Gasteiger partial charge in [0.15, 0.2) is 0 Å². The number of hydrogen-bond acceptors (Lipinski definition) is 4. The lowest BCUT2D eigenvalue weighted by Crippen LogP contribution is -2.12. The molecule has 0 fully saturated rings. The number of carbonyl (C=O) groups excluding carboxylic acids is 1. The predicted octanol–water partition coefficient (Wildman–Crippen LogP) is 2.32. The molecular formula is C9H11NO4S. The van der Waals surface area contributed by atoms with Crippen molar-refractivity contribution in [3.8, 4) is 0 Å². The van der Waals surface area contributed by atoms with E-state index in [0.717, 1.165) is 11.3 Å².